The Bertz CT molecular complexity index is 2080. The van der Waals surface area contributed by atoms with Crippen LogP contribution in [0.2, 0.25) is 0 Å². The van der Waals surface area contributed by atoms with Gasteiger partial charge in [-0.1, -0.05) is 30.3 Å². The number of rotatable bonds is 10. The lowest BCUT2D eigenvalue weighted by Crippen LogP contribution is -2.47. The van der Waals surface area contributed by atoms with Crippen LogP contribution in [0.1, 0.15) is 58.8 Å². The van der Waals surface area contributed by atoms with Gasteiger partial charge in [-0.15, -0.1) is 11.3 Å². The fourth-order valence-corrected chi connectivity index (χ4v) is 8.30. The number of aromatic nitrogens is 2. The van der Waals surface area contributed by atoms with Crippen LogP contribution in [0.25, 0.3) is 27.7 Å². The molecular formula is C42H47F3N4O3S. The van der Waals surface area contributed by atoms with E-state index in [-0.39, 0.29) is 17.6 Å². The second kappa shape index (κ2) is 16.2. The number of alkyl halides is 3. The van der Waals surface area contributed by atoms with Crippen molar-refractivity contribution in [3.05, 3.63) is 105 Å². The van der Waals surface area contributed by atoms with Gasteiger partial charge >= 0.3 is 6.18 Å². The molecular weight excluding hydrogens is 698 g/mol. The Kier molecular flexibility index (Phi) is 11.6. The van der Waals surface area contributed by atoms with Gasteiger partial charge in [0.25, 0.3) is 0 Å². The fourth-order valence-electron chi connectivity index (χ4n) is 7.30. The van der Waals surface area contributed by atoms with Crippen LogP contribution in [0.5, 0.6) is 11.5 Å². The number of thiazole rings is 1. The highest BCUT2D eigenvalue weighted by atomic mass is 32.1. The minimum atomic E-state index is -4.33. The van der Waals surface area contributed by atoms with E-state index < -0.39 is 11.7 Å². The van der Waals surface area contributed by atoms with E-state index in [0.717, 1.165) is 84.3 Å². The van der Waals surface area contributed by atoms with Gasteiger partial charge in [0, 0.05) is 53.2 Å². The van der Waals surface area contributed by atoms with Gasteiger partial charge in [-0.2, -0.15) is 13.2 Å². The molecule has 7 nitrogen and oxygen atoms in total. The third kappa shape index (κ3) is 8.47. The number of ether oxygens (including phenoxy) is 1. The molecule has 0 spiro atoms. The van der Waals surface area contributed by atoms with Crippen molar-refractivity contribution in [2.24, 2.45) is 5.92 Å². The Balaban J connectivity index is 0.000000184. The molecule has 1 aliphatic carbocycles. The summed E-state index contributed by atoms with van der Waals surface area (Å²) >= 11 is 1.57. The lowest BCUT2D eigenvalue weighted by molar-refractivity contribution is -0.137. The molecule has 0 saturated carbocycles. The van der Waals surface area contributed by atoms with Crippen LogP contribution >= 0.6 is 11.3 Å². The van der Waals surface area contributed by atoms with Crippen LogP contribution in [0.3, 0.4) is 0 Å². The zero-order valence-corrected chi connectivity index (χ0v) is 31.7. The summed E-state index contributed by atoms with van der Waals surface area (Å²) in [6.45, 7) is 10.8. The Morgan fingerprint density at radius 1 is 1.08 bits per heavy atom. The first kappa shape index (κ1) is 38.1. The fraction of sp³-hybridized carbons (Fsp3) is 0.381. The number of hydrogen-bond acceptors (Lipinski definition) is 6. The number of phenols is 1. The van der Waals surface area contributed by atoms with Crippen LogP contribution in [0.15, 0.2) is 72.9 Å². The quantitative estimate of drug-likeness (QED) is 0.139. The summed E-state index contributed by atoms with van der Waals surface area (Å²) in [6.07, 6.45) is 3.63. The summed E-state index contributed by atoms with van der Waals surface area (Å²) in [5, 5.41) is 11.8. The molecule has 0 bridgehead atoms. The molecule has 11 heteroatoms. The van der Waals surface area contributed by atoms with E-state index in [1.807, 2.05) is 18.7 Å². The van der Waals surface area contributed by atoms with Gasteiger partial charge < -0.3 is 19.7 Å². The van der Waals surface area contributed by atoms with E-state index in [9.17, 15) is 23.1 Å². The van der Waals surface area contributed by atoms with Crippen LogP contribution in [0.4, 0.5) is 13.2 Å². The molecule has 1 aliphatic heterocycles. The number of unbranched alkanes of at least 4 members (excludes halogenated alkanes) is 1. The first-order valence-electron chi connectivity index (χ1n) is 18.2. The van der Waals surface area contributed by atoms with Gasteiger partial charge in [-0.05, 0) is 119 Å². The van der Waals surface area contributed by atoms with Gasteiger partial charge in [0.2, 0.25) is 5.91 Å². The second-order valence-electron chi connectivity index (χ2n) is 13.8. The number of likely N-dealkylation sites (N-methyl/N-ethyl adjacent to an activating group) is 1. The number of nitrogens with one attached hydrogen (secondary N) is 1. The van der Waals surface area contributed by atoms with Crippen LogP contribution in [-0.2, 0) is 23.8 Å². The summed E-state index contributed by atoms with van der Waals surface area (Å²) in [7, 11) is 2.15. The molecule has 2 aromatic heterocycles. The first-order valence-corrected chi connectivity index (χ1v) is 19.1. The van der Waals surface area contributed by atoms with E-state index in [2.05, 4.69) is 66.2 Å². The average Bonchev–Trinajstić information content (AvgIpc) is 3.73. The highest BCUT2D eigenvalue weighted by Crippen LogP contribution is 2.41. The van der Waals surface area contributed by atoms with Gasteiger partial charge in [0.15, 0.2) is 0 Å². The van der Waals surface area contributed by atoms with Crippen molar-refractivity contribution < 1.29 is 27.8 Å². The molecule has 3 heterocycles. The number of amides is 1. The number of H-pyrrole nitrogens is 1. The lowest BCUT2D eigenvalue weighted by Gasteiger charge is -2.40. The largest absolute Gasteiger partial charge is 0.508 e. The van der Waals surface area contributed by atoms with Crippen LogP contribution < -0.4 is 4.74 Å². The van der Waals surface area contributed by atoms with Crippen molar-refractivity contribution >= 4 is 33.7 Å². The van der Waals surface area contributed by atoms with Gasteiger partial charge in [0.1, 0.15) is 11.5 Å². The number of carbonyl (C=O) groups is 1. The average molecular weight is 745 g/mol. The van der Waals surface area contributed by atoms with Crippen molar-refractivity contribution in [1.29, 1.82) is 0 Å². The number of fused-ring (bicyclic) bond motifs is 2. The third-order valence-electron chi connectivity index (χ3n) is 10.2. The molecule has 2 atom stereocenters. The van der Waals surface area contributed by atoms with Crippen molar-refractivity contribution in [2.75, 3.05) is 33.3 Å². The molecule has 280 valence electrons. The second-order valence-corrected chi connectivity index (χ2v) is 15.1. The third-order valence-corrected chi connectivity index (χ3v) is 11.2. The number of aromatic hydroxyl groups is 1. The monoisotopic (exact) mass is 744 g/mol. The molecule has 2 aliphatic rings. The topological polar surface area (TPSA) is 81.7 Å². The number of aryl methyl sites for hydroxylation is 3. The highest BCUT2D eigenvalue weighted by molar-refractivity contribution is 7.12. The van der Waals surface area contributed by atoms with Gasteiger partial charge in [-0.25, -0.2) is 4.98 Å². The predicted octanol–water partition coefficient (Wildman–Crippen LogP) is 9.46. The number of hydrogen-bond donors (Lipinski definition) is 2. The summed E-state index contributed by atoms with van der Waals surface area (Å²) < 4.78 is 43.9. The number of halogens is 3. The minimum absolute atomic E-state index is 0.0445. The van der Waals surface area contributed by atoms with Crippen molar-refractivity contribution in [1.82, 2.24) is 19.8 Å². The predicted molar refractivity (Wildman–Crippen MR) is 206 cm³/mol. The molecule has 3 aromatic carbocycles. The SMILES string of the molecule is CCN(CC)C(=O)[C@@H]1C=C2c3cccc4[nH]cc(c34)C[C@H]2N(C)C1.Cc1cc(OCCCCc2nc(-c3ccc(C(F)(F)F)cc3)c(C)s2)ccc1O. The van der Waals surface area contributed by atoms with E-state index in [1.54, 1.807) is 29.5 Å². The first-order chi connectivity index (χ1) is 25.4. The molecule has 7 rings (SSSR count). The standard InChI is InChI=1S/C22H22F3NO2S.C20H25N3O/c1-14-13-18(10-11-19(14)27)28-12-4-3-5-20-26-21(15(2)29-20)16-6-8-17(9-7-16)22(23,24)25;1-4-23(5-2)20(24)14-9-16-15-7-6-8-17-19(15)13(11-21-17)10-18(16)22(3)12-14/h6-11,13,27H,3-5,12H2,1-2H3;6-9,11,14,18,21H,4-5,10,12H2,1-3H3/t;14-,18-/m.1/s1. The summed E-state index contributed by atoms with van der Waals surface area (Å²) in [4.78, 5) is 26.2. The minimum Gasteiger partial charge on any atom is -0.508 e. The van der Waals surface area contributed by atoms with E-state index in [1.165, 1.54) is 39.7 Å². The summed E-state index contributed by atoms with van der Waals surface area (Å²) in [6, 6.07) is 17.1. The van der Waals surface area contributed by atoms with E-state index >= 15 is 0 Å². The van der Waals surface area contributed by atoms with Crippen LogP contribution in [-0.4, -0.2) is 70.1 Å². The Morgan fingerprint density at radius 2 is 1.83 bits per heavy atom. The van der Waals surface area contributed by atoms with E-state index in [4.69, 9.17) is 4.74 Å². The Hall–Kier alpha value is -4.61. The van der Waals surface area contributed by atoms with E-state index in [0.29, 0.717) is 18.2 Å². The number of benzene rings is 3. The van der Waals surface area contributed by atoms with Gasteiger partial charge in [0.05, 0.1) is 28.8 Å². The maximum absolute atomic E-state index is 12.9. The highest BCUT2D eigenvalue weighted by Gasteiger charge is 2.36. The molecule has 53 heavy (non-hydrogen) atoms. The van der Waals surface area contributed by atoms with Crippen molar-refractivity contribution in [3.63, 3.8) is 0 Å². The van der Waals surface area contributed by atoms with Crippen LogP contribution in [0, 0.1) is 19.8 Å². The zero-order chi connectivity index (χ0) is 37.9. The van der Waals surface area contributed by atoms with Crippen molar-refractivity contribution in [2.45, 2.75) is 65.6 Å². The molecule has 0 radical (unpaired) electrons. The van der Waals surface area contributed by atoms with Crippen molar-refractivity contribution in [3.8, 4) is 22.8 Å². The Labute approximate surface area is 313 Å². The molecule has 0 unspecified atom stereocenters. The van der Waals surface area contributed by atoms with Gasteiger partial charge in [-0.3, -0.25) is 9.69 Å². The lowest BCUT2D eigenvalue weighted by atomic mass is 9.79. The normalized spacial score (nSPS) is 16.8. The summed E-state index contributed by atoms with van der Waals surface area (Å²) in [5.41, 5.74) is 6.77. The maximum atomic E-state index is 12.9. The molecule has 1 amide bonds. The summed E-state index contributed by atoms with van der Waals surface area (Å²) in [5.74, 6) is 1.19. The number of aromatic amines is 1. The molecule has 0 saturated heterocycles. The molecule has 5 aromatic rings. The number of nitrogens with zero attached hydrogens (tertiary/aromatic N) is 3. The Morgan fingerprint density at radius 3 is 2.53 bits per heavy atom. The number of phenolic OH excluding ortho intramolecular Hbond substituents is 1. The smallest absolute Gasteiger partial charge is 0.416 e. The maximum Gasteiger partial charge on any atom is 0.416 e. The molecule has 0 fully saturated rings. The zero-order valence-electron chi connectivity index (χ0n) is 30.9. The molecule has 2 N–H and O–H groups in total. The number of carbonyl (C=O) groups excluding carboxylic acids is 1.